The minimum atomic E-state index is -1.35. The van der Waals surface area contributed by atoms with E-state index in [4.69, 9.17) is 9.84 Å². The van der Waals surface area contributed by atoms with Gasteiger partial charge in [-0.25, -0.2) is 4.98 Å². The van der Waals surface area contributed by atoms with Gasteiger partial charge in [0.05, 0.1) is 25.0 Å². The molecule has 1 saturated heterocycles. The minimum Gasteiger partial charge on any atom is -0.494 e. The summed E-state index contributed by atoms with van der Waals surface area (Å²) in [5.41, 5.74) is 2.09. The molecule has 0 spiro atoms. The number of piperidine rings is 1. The second-order valence-corrected chi connectivity index (χ2v) is 9.91. The molecule has 5 N–H and O–H groups in total. The van der Waals surface area contributed by atoms with E-state index in [2.05, 4.69) is 26.3 Å². The second kappa shape index (κ2) is 14.3. The summed E-state index contributed by atoms with van der Waals surface area (Å²) in [5, 5.41) is 20.3. The van der Waals surface area contributed by atoms with Gasteiger partial charge >= 0.3 is 5.97 Å². The summed E-state index contributed by atoms with van der Waals surface area (Å²) in [4.78, 5) is 53.0. The van der Waals surface area contributed by atoms with Gasteiger partial charge in [0.2, 0.25) is 17.7 Å². The number of hydrogen-bond acceptors (Lipinski definition) is 7. The van der Waals surface area contributed by atoms with Crippen molar-refractivity contribution in [2.75, 3.05) is 19.7 Å². The zero-order chi connectivity index (χ0) is 28.4. The molecule has 3 atom stereocenters. The summed E-state index contributed by atoms with van der Waals surface area (Å²) in [6.07, 6.45) is 5.80. The number of hydrogen-bond donors (Lipinski definition) is 5. The Morgan fingerprint density at radius 3 is 2.67 bits per heavy atom. The lowest BCUT2D eigenvalue weighted by Crippen LogP contribution is -2.50. The van der Waals surface area contributed by atoms with Gasteiger partial charge in [-0.05, 0) is 68.5 Å². The van der Waals surface area contributed by atoms with Gasteiger partial charge in [0.1, 0.15) is 11.8 Å². The molecule has 39 heavy (non-hydrogen) atoms. The summed E-state index contributed by atoms with van der Waals surface area (Å²) < 4.78 is 7.60. The highest BCUT2D eigenvalue weighted by Gasteiger charge is 2.30. The Labute approximate surface area is 227 Å². The van der Waals surface area contributed by atoms with Crippen molar-refractivity contribution in [3.8, 4) is 5.75 Å². The smallest absolute Gasteiger partial charge is 0.305 e. The minimum absolute atomic E-state index is 0.178. The van der Waals surface area contributed by atoms with Gasteiger partial charge < -0.3 is 35.7 Å². The molecule has 12 heteroatoms. The van der Waals surface area contributed by atoms with Gasteiger partial charge in [0, 0.05) is 26.7 Å². The lowest BCUT2D eigenvalue weighted by molar-refractivity contribution is -0.140. The molecular formula is C27H38N6O6. The molecule has 1 aromatic heterocycles. The summed E-state index contributed by atoms with van der Waals surface area (Å²) in [7, 11) is 1.72. The lowest BCUT2D eigenvalue weighted by atomic mass is 9.97. The molecule has 212 valence electrons. The zero-order valence-electron chi connectivity index (χ0n) is 22.7. The number of imidazole rings is 1. The quantitative estimate of drug-likeness (QED) is 0.250. The average Bonchev–Trinajstić information content (AvgIpc) is 3.32. The molecule has 1 fully saturated rings. The first-order valence-electron chi connectivity index (χ1n) is 13.1. The Kier molecular flexibility index (Phi) is 10.9. The zero-order valence-corrected chi connectivity index (χ0v) is 22.7. The van der Waals surface area contributed by atoms with Crippen LogP contribution in [-0.2, 0) is 32.8 Å². The van der Waals surface area contributed by atoms with Crippen LogP contribution < -0.4 is 26.0 Å². The number of nitrogens with one attached hydrogen (secondary N) is 4. The lowest BCUT2D eigenvalue weighted by Gasteiger charge is -2.22. The fourth-order valence-electron chi connectivity index (χ4n) is 4.45. The first-order chi connectivity index (χ1) is 18.6. The number of carbonyl (C=O) groups excluding carboxylic acids is 3. The van der Waals surface area contributed by atoms with Crippen LogP contribution in [0.25, 0.3) is 0 Å². The van der Waals surface area contributed by atoms with E-state index in [1.54, 1.807) is 17.8 Å². The van der Waals surface area contributed by atoms with Gasteiger partial charge in [0.15, 0.2) is 6.04 Å². The normalized spacial score (nSPS) is 16.5. The summed E-state index contributed by atoms with van der Waals surface area (Å²) in [6.45, 7) is 6.00. The number of amides is 3. The topological polar surface area (TPSA) is 164 Å². The third kappa shape index (κ3) is 9.40. The fourth-order valence-corrected chi connectivity index (χ4v) is 4.45. The van der Waals surface area contributed by atoms with E-state index in [-0.39, 0.29) is 12.2 Å². The SMILES string of the molecule is CC(=O)N[C@@H](CC(=O)O)C(=O)NC(C(=O)NCc1cc(OCCC2CCCNC2)ccc1C)c1cn(C)cn1. The highest BCUT2D eigenvalue weighted by Crippen LogP contribution is 2.20. The molecule has 1 aromatic carbocycles. The highest BCUT2D eigenvalue weighted by molar-refractivity contribution is 5.94. The molecule has 0 bridgehead atoms. The van der Waals surface area contributed by atoms with Crippen LogP contribution in [0.3, 0.4) is 0 Å². The van der Waals surface area contributed by atoms with E-state index in [1.165, 1.54) is 26.1 Å². The van der Waals surface area contributed by atoms with E-state index < -0.39 is 42.2 Å². The van der Waals surface area contributed by atoms with Gasteiger partial charge in [-0.2, -0.15) is 0 Å². The third-order valence-corrected chi connectivity index (χ3v) is 6.61. The van der Waals surface area contributed by atoms with E-state index in [9.17, 15) is 19.2 Å². The van der Waals surface area contributed by atoms with Crippen molar-refractivity contribution in [1.29, 1.82) is 0 Å². The van der Waals surface area contributed by atoms with Crippen LogP contribution in [0.15, 0.2) is 30.7 Å². The number of aliphatic carboxylic acids is 1. The molecular weight excluding hydrogens is 504 g/mol. The van der Waals surface area contributed by atoms with Crippen LogP contribution in [0.5, 0.6) is 5.75 Å². The first kappa shape index (κ1) is 29.6. The molecule has 3 rings (SSSR count). The van der Waals surface area contributed by atoms with Crippen LogP contribution in [-0.4, -0.2) is 64.1 Å². The third-order valence-electron chi connectivity index (χ3n) is 6.61. The standard InChI is InChI=1S/C27H38N6O6/c1-17-6-7-21(39-10-8-19-5-4-9-28-13-19)11-20(17)14-29-27(38)25(23-15-33(3)16-30-23)32-26(37)22(12-24(35)36)31-18(2)34/h6-7,11,15-16,19,22,25,28H,4-5,8-10,12-14H2,1-3H3,(H,29,38)(H,31,34)(H,32,37)(H,35,36)/t19?,22-,25?/m0/s1. The molecule has 2 heterocycles. The number of aromatic nitrogens is 2. The Bertz CT molecular complexity index is 1140. The number of aryl methyl sites for hydroxylation is 2. The van der Waals surface area contributed by atoms with Crippen LogP contribution in [0, 0.1) is 12.8 Å². The number of carboxylic acid groups (broad SMARTS) is 1. The van der Waals surface area contributed by atoms with Crippen LogP contribution in [0.2, 0.25) is 0 Å². The summed E-state index contributed by atoms with van der Waals surface area (Å²) in [5.74, 6) is -1.84. The Balaban J connectivity index is 1.65. The molecule has 3 amide bonds. The number of carbonyl (C=O) groups is 4. The van der Waals surface area contributed by atoms with Crippen LogP contribution in [0.4, 0.5) is 0 Å². The summed E-state index contributed by atoms with van der Waals surface area (Å²) >= 11 is 0. The van der Waals surface area contributed by atoms with Gasteiger partial charge in [-0.3, -0.25) is 19.2 Å². The van der Waals surface area contributed by atoms with Crippen molar-refractivity contribution in [2.24, 2.45) is 13.0 Å². The molecule has 0 saturated carbocycles. The van der Waals surface area contributed by atoms with Crippen LogP contribution >= 0.6 is 0 Å². The number of rotatable bonds is 13. The Morgan fingerprint density at radius 2 is 2.03 bits per heavy atom. The van der Waals surface area contributed by atoms with Gasteiger partial charge in [-0.15, -0.1) is 0 Å². The molecule has 1 aliphatic rings. The van der Waals surface area contributed by atoms with Crippen molar-refractivity contribution in [2.45, 2.75) is 58.2 Å². The highest BCUT2D eigenvalue weighted by atomic mass is 16.5. The fraction of sp³-hybridized carbons (Fsp3) is 0.519. The Morgan fingerprint density at radius 1 is 1.23 bits per heavy atom. The number of nitrogens with zero attached hydrogens (tertiary/aromatic N) is 2. The maximum atomic E-state index is 13.3. The molecule has 2 aromatic rings. The maximum absolute atomic E-state index is 13.3. The maximum Gasteiger partial charge on any atom is 0.305 e. The van der Waals surface area contributed by atoms with Gasteiger partial charge in [-0.1, -0.05) is 6.07 Å². The molecule has 2 unspecified atom stereocenters. The van der Waals surface area contributed by atoms with E-state index >= 15 is 0 Å². The molecule has 0 radical (unpaired) electrons. The largest absolute Gasteiger partial charge is 0.494 e. The average molecular weight is 543 g/mol. The molecule has 0 aliphatic carbocycles. The van der Waals surface area contributed by atoms with Crippen molar-refractivity contribution in [3.05, 3.63) is 47.5 Å². The predicted octanol–water partition coefficient (Wildman–Crippen LogP) is 0.950. The van der Waals surface area contributed by atoms with Gasteiger partial charge in [0.25, 0.3) is 0 Å². The van der Waals surface area contributed by atoms with E-state index in [0.717, 1.165) is 36.4 Å². The van der Waals surface area contributed by atoms with Crippen molar-refractivity contribution >= 4 is 23.7 Å². The van der Waals surface area contributed by atoms with Crippen molar-refractivity contribution < 1.29 is 29.0 Å². The van der Waals surface area contributed by atoms with E-state index in [0.29, 0.717) is 12.5 Å². The number of benzene rings is 1. The predicted molar refractivity (Wildman–Crippen MR) is 143 cm³/mol. The second-order valence-electron chi connectivity index (χ2n) is 9.91. The van der Waals surface area contributed by atoms with Crippen molar-refractivity contribution in [1.82, 2.24) is 30.8 Å². The summed E-state index contributed by atoms with van der Waals surface area (Å²) in [6, 6.07) is 3.18. The van der Waals surface area contributed by atoms with Crippen molar-refractivity contribution in [3.63, 3.8) is 0 Å². The molecule has 1 aliphatic heterocycles. The Hall–Kier alpha value is -3.93. The number of ether oxygens (including phenoxy) is 1. The monoisotopic (exact) mass is 542 g/mol. The van der Waals surface area contributed by atoms with E-state index in [1.807, 2.05) is 25.1 Å². The molecule has 12 nitrogen and oxygen atoms in total. The van der Waals surface area contributed by atoms with Crippen LogP contribution in [0.1, 0.15) is 55.5 Å². The first-order valence-corrected chi connectivity index (χ1v) is 13.1. The number of carboxylic acids is 1.